The number of aromatic nitrogens is 2. The summed E-state index contributed by atoms with van der Waals surface area (Å²) in [5, 5.41) is 3.92. The van der Waals surface area contributed by atoms with Gasteiger partial charge >= 0.3 is 0 Å². The zero-order valence-electron chi connectivity index (χ0n) is 10.7. The lowest BCUT2D eigenvalue weighted by Crippen LogP contribution is -2.10. The lowest BCUT2D eigenvalue weighted by Gasteiger charge is -2.09. The molecule has 0 unspecified atom stereocenters. The van der Waals surface area contributed by atoms with Crippen molar-refractivity contribution < 1.29 is 0 Å². The summed E-state index contributed by atoms with van der Waals surface area (Å²) >= 11 is 3.17. The minimum absolute atomic E-state index is 0.586. The van der Waals surface area contributed by atoms with E-state index < -0.39 is 0 Å². The molecule has 0 saturated heterocycles. The van der Waals surface area contributed by atoms with Gasteiger partial charge in [-0.25, -0.2) is 15.8 Å². The quantitative estimate of drug-likeness (QED) is 0.338. The van der Waals surface area contributed by atoms with E-state index in [2.05, 4.69) is 32.8 Å². The molecular weight excluding hydrogens is 278 g/mol. The van der Waals surface area contributed by atoms with Crippen molar-refractivity contribution in [3.8, 4) is 0 Å². The van der Waals surface area contributed by atoms with E-state index in [1.807, 2.05) is 24.6 Å². The van der Waals surface area contributed by atoms with Crippen molar-refractivity contribution >= 4 is 40.8 Å². The van der Waals surface area contributed by atoms with Gasteiger partial charge in [0.15, 0.2) is 5.16 Å². The zero-order chi connectivity index (χ0) is 13.7. The Morgan fingerprint density at radius 2 is 1.84 bits per heavy atom. The van der Waals surface area contributed by atoms with E-state index in [-0.39, 0.29) is 0 Å². The number of nitrogen functional groups attached to an aromatic ring is 1. The molecule has 4 N–H and O–H groups in total. The normalized spacial score (nSPS) is 10.3. The van der Waals surface area contributed by atoms with Crippen molar-refractivity contribution in [3.63, 3.8) is 0 Å². The molecule has 7 heteroatoms. The molecular formula is C12H15N5S2. The van der Waals surface area contributed by atoms with Crippen LogP contribution < -0.4 is 16.6 Å². The summed E-state index contributed by atoms with van der Waals surface area (Å²) < 4.78 is 0. The molecule has 1 heterocycles. The van der Waals surface area contributed by atoms with Gasteiger partial charge in [0.25, 0.3) is 0 Å². The van der Waals surface area contributed by atoms with Gasteiger partial charge in [-0.2, -0.15) is 0 Å². The van der Waals surface area contributed by atoms with E-state index in [4.69, 9.17) is 5.84 Å². The van der Waals surface area contributed by atoms with Gasteiger partial charge in [0.05, 0.1) is 0 Å². The summed E-state index contributed by atoms with van der Waals surface area (Å²) in [7, 11) is 0. The fourth-order valence-electron chi connectivity index (χ4n) is 1.50. The molecule has 1 aromatic heterocycles. The summed E-state index contributed by atoms with van der Waals surface area (Å²) in [6.07, 6.45) is 3.97. The number of anilines is 3. The lowest BCUT2D eigenvalue weighted by molar-refractivity contribution is 0.971. The van der Waals surface area contributed by atoms with Crippen LogP contribution in [0.4, 0.5) is 17.3 Å². The standard InChI is InChI=1S/C12H15N5S2/c1-18-9-5-3-4-8(6-9)14-10-7-11(17-13)16-12(15-10)19-2/h3-7H,13H2,1-2H3,(H2,14,15,16,17). The first-order valence-electron chi connectivity index (χ1n) is 5.56. The van der Waals surface area contributed by atoms with Crippen molar-refractivity contribution in [2.24, 2.45) is 5.84 Å². The Bertz CT molecular complexity index is 539. The highest BCUT2D eigenvalue weighted by atomic mass is 32.2. The van der Waals surface area contributed by atoms with Crippen LogP contribution in [0.15, 0.2) is 40.4 Å². The number of benzene rings is 1. The Kier molecular flexibility index (Phi) is 4.89. The predicted molar refractivity (Wildman–Crippen MR) is 83.1 cm³/mol. The molecule has 0 aliphatic rings. The number of rotatable bonds is 5. The van der Waals surface area contributed by atoms with Gasteiger partial charge in [0.2, 0.25) is 0 Å². The highest BCUT2D eigenvalue weighted by Gasteiger charge is 2.04. The van der Waals surface area contributed by atoms with Gasteiger partial charge in [-0.3, -0.25) is 0 Å². The topological polar surface area (TPSA) is 75.9 Å². The molecule has 0 fully saturated rings. The van der Waals surface area contributed by atoms with E-state index in [1.54, 1.807) is 17.8 Å². The summed E-state index contributed by atoms with van der Waals surface area (Å²) in [4.78, 5) is 9.80. The molecule has 0 spiro atoms. The maximum atomic E-state index is 5.40. The maximum absolute atomic E-state index is 5.40. The summed E-state index contributed by atoms with van der Waals surface area (Å²) in [5.41, 5.74) is 3.53. The van der Waals surface area contributed by atoms with Crippen molar-refractivity contribution in [2.45, 2.75) is 10.1 Å². The van der Waals surface area contributed by atoms with Crippen LogP contribution in [0.2, 0.25) is 0 Å². The van der Waals surface area contributed by atoms with E-state index in [0.29, 0.717) is 16.8 Å². The summed E-state index contributed by atoms with van der Waals surface area (Å²) in [6, 6.07) is 9.91. The van der Waals surface area contributed by atoms with Gasteiger partial charge in [0.1, 0.15) is 11.6 Å². The molecule has 0 aliphatic carbocycles. The number of hydrogen-bond acceptors (Lipinski definition) is 7. The Morgan fingerprint density at radius 1 is 1.05 bits per heavy atom. The Labute approximate surface area is 120 Å². The minimum Gasteiger partial charge on any atom is -0.340 e. The third-order valence-corrected chi connectivity index (χ3v) is 3.65. The summed E-state index contributed by atoms with van der Waals surface area (Å²) in [5.74, 6) is 6.70. The Balaban J connectivity index is 2.26. The smallest absolute Gasteiger partial charge is 0.191 e. The Morgan fingerprint density at radius 3 is 2.53 bits per heavy atom. The highest BCUT2D eigenvalue weighted by molar-refractivity contribution is 7.98. The van der Waals surface area contributed by atoms with Crippen LogP contribution in [-0.4, -0.2) is 22.5 Å². The van der Waals surface area contributed by atoms with Crippen molar-refractivity contribution in [2.75, 3.05) is 23.3 Å². The molecule has 1 aromatic carbocycles. The molecule has 0 saturated carbocycles. The van der Waals surface area contributed by atoms with Gasteiger partial charge in [-0.1, -0.05) is 17.8 Å². The minimum atomic E-state index is 0.586. The third kappa shape index (κ3) is 3.76. The van der Waals surface area contributed by atoms with Crippen LogP contribution in [0.3, 0.4) is 0 Å². The monoisotopic (exact) mass is 293 g/mol. The predicted octanol–water partition coefficient (Wildman–Crippen LogP) is 2.95. The van der Waals surface area contributed by atoms with Crippen molar-refractivity contribution in [1.82, 2.24) is 9.97 Å². The average molecular weight is 293 g/mol. The number of hydrazine groups is 1. The van der Waals surface area contributed by atoms with E-state index in [0.717, 1.165) is 5.69 Å². The second-order valence-electron chi connectivity index (χ2n) is 3.63. The van der Waals surface area contributed by atoms with Crippen LogP contribution in [0.5, 0.6) is 0 Å². The molecule has 0 atom stereocenters. The van der Waals surface area contributed by atoms with Crippen LogP contribution in [-0.2, 0) is 0 Å². The number of nitrogens with zero attached hydrogens (tertiary/aromatic N) is 2. The molecule has 100 valence electrons. The first-order chi connectivity index (χ1) is 9.25. The largest absolute Gasteiger partial charge is 0.340 e. The van der Waals surface area contributed by atoms with Gasteiger partial charge in [-0.15, -0.1) is 11.8 Å². The fraction of sp³-hybridized carbons (Fsp3) is 0.167. The molecule has 5 nitrogen and oxygen atoms in total. The number of nitrogens with one attached hydrogen (secondary N) is 2. The first kappa shape index (κ1) is 14.0. The van der Waals surface area contributed by atoms with Gasteiger partial charge in [-0.05, 0) is 30.7 Å². The average Bonchev–Trinajstić information content (AvgIpc) is 2.47. The second-order valence-corrected chi connectivity index (χ2v) is 5.28. The van der Waals surface area contributed by atoms with Crippen molar-refractivity contribution in [1.29, 1.82) is 0 Å². The number of hydrogen-bond donors (Lipinski definition) is 3. The molecule has 0 bridgehead atoms. The molecule has 0 radical (unpaired) electrons. The number of thioether (sulfide) groups is 2. The SMILES string of the molecule is CSc1cccc(Nc2cc(NN)nc(SC)n2)c1. The molecule has 2 rings (SSSR count). The zero-order valence-corrected chi connectivity index (χ0v) is 12.3. The molecule has 19 heavy (non-hydrogen) atoms. The lowest BCUT2D eigenvalue weighted by atomic mass is 10.3. The van der Waals surface area contributed by atoms with Gasteiger partial charge in [0, 0.05) is 16.6 Å². The summed E-state index contributed by atoms with van der Waals surface area (Å²) in [6.45, 7) is 0. The first-order valence-corrected chi connectivity index (χ1v) is 8.01. The van der Waals surface area contributed by atoms with Crippen molar-refractivity contribution in [3.05, 3.63) is 30.3 Å². The van der Waals surface area contributed by atoms with Gasteiger partial charge < -0.3 is 10.7 Å². The highest BCUT2D eigenvalue weighted by Crippen LogP contribution is 2.23. The van der Waals surface area contributed by atoms with Crippen LogP contribution in [0.1, 0.15) is 0 Å². The Hall–Kier alpha value is -1.44. The third-order valence-electron chi connectivity index (χ3n) is 2.38. The van der Waals surface area contributed by atoms with Crippen LogP contribution >= 0.6 is 23.5 Å². The molecule has 0 aliphatic heterocycles. The second kappa shape index (κ2) is 6.65. The van der Waals surface area contributed by atoms with Crippen LogP contribution in [0.25, 0.3) is 0 Å². The van der Waals surface area contributed by atoms with E-state index >= 15 is 0 Å². The van der Waals surface area contributed by atoms with E-state index in [1.165, 1.54) is 16.7 Å². The number of nitrogens with two attached hydrogens (primary N) is 1. The van der Waals surface area contributed by atoms with E-state index in [9.17, 15) is 0 Å². The van der Waals surface area contributed by atoms with Crippen LogP contribution in [0, 0.1) is 0 Å². The fourth-order valence-corrected chi connectivity index (χ4v) is 2.34. The molecule has 0 amide bonds. The molecule has 2 aromatic rings. The maximum Gasteiger partial charge on any atom is 0.191 e.